The average Bonchev–Trinajstić information content (AvgIpc) is 2.75. The minimum absolute atomic E-state index is 0.353. The zero-order chi connectivity index (χ0) is 18.3. The molecule has 5 nitrogen and oxygen atoms in total. The molecule has 1 saturated heterocycles. The first-order valence-corrected chi connectivity index (χ1v) is 10.4. The van der Waals surface area contributed by atoms with Crippen molar-refractivity contribution < 1.29 is 4.74 Å². The summed E-state index contributed by atoms with van der Waals surface area (Å²) >= 11 is 0. The van der Waals surface area contributed by atoms with Crippen LogP contribution in [0.25, 0.3) is 0 Å². The van der Waals surface area contributed by atoms with Crippen molar-refractivity contribution in [1.82, 2.24) is 19.9 Å². The lowest BCUT2D eigenvalue weighted by Gasteiger charge is -2.31. The zero-order valence-corrected chi connectivity index (χ0v) is 16.1. The topological polar surface area (TPSA) is 51.1 Å². The number of likely N-dealkylation sites (tertiary alicyclic amines) is 1. The van der Waals surface area contributed by atoms with Crippen LogP contribution in [0, 0.1) is 0 Å². The number of hydrogen-bond donors (Lipinski definition) is 0. The zero-order valence-electron chi connectivity index (χ0n) is 16.1. The second kappa shape index (κ2) is 9.38. The van der Waals surface area contributed by atoms with Crippen LogP contribution in [0.4, 0.5) is 0 Å². The highest BCUT2D eigenvalue weighted by Gasteiger charge is 2.21. The fourth-order valence-corrected chi connectivity index (χ4v) is 4.21. The van der Waals surface area contributed by atoms with E-state index in [1.165, 1.54) is 37.7 Å². The number of pyridine rings is 1. The summed E-state index contributed by atoms with van der Waals surface area (Å²) in [5, 5.41) is 0. The van der Waals surface area contributed by atoms with Crippen molar-refractivity contribution in [2.24, 2.45) is 0 Å². The first kappa shape index (κ1) is 18.5. The molecule has 0 aromatic carbocycles. The lowest BCUT2D eigenvalue weighted by Crippen LogP contribution is -2.36. The monoisotopic (exact) mass is 366 g/mol. The van der Waals surface area contributed by atoms with Crippen molar-refractivity contribution in [3.63, 3.8) is 0 Å². The van der Waals surface area contributed by atoms with E-state index in [1.807, 2.05) is 24.7 Å². The largest absolute Gasteiger partial charge is 0.373 e. The van der Waals surface area contributed by atoms with Gasteiger partial charge in [-0.2, -0.15) is 0 Å². The van der Waals surface area contributed by atoms with Gasteiger partial charge in [-0.1, -0.05) is 25.3 Å². The molecule has 1 aliphatic heterocycles. The minimum Gasteiger partial charge on any atom is -0.373 e. The van der Waals surface area contributed by atoms with E-state index in [9.17, 15) is 0 Å². The third kappa shape index (κ3) is 5.33. The van der Waals surface area contributed by atoms with Gasteiger partial charge in [-0.25, -0.2) is 9.97 Å². The highest BCUT2D eigenvalue weighted by molar-refractivity contribution is 5.08. The molecule has 0 N–H and O–H groups in total. The summed E-state index contributed by atoms with van der Waals surface area (Å²) in [6.07, 6.45) is 16.8. The maximum Gasteiger partial charge on any atom is 0.131 e. The maximum atomic E-state index is 6.06. The van der Waals surface area contributed by atoms with E-state index in [4.69, 9.17) is 4.74 Å². The number of hydrogen-bond acceptors (Lipinski definition) is 5. The Balaban J connectivity index is 1.21. The van der Waals surface area contributed by atoms with Crippen LogP contribution in [0.2, 0.25) is 0 Å². The Hall–Kier alpha value is -1.85. The molecule has 1 saturated carbocycles. The SMILES string of the molecule is c1cncc(COC2CCN(Cc3cnc(C4CCCCC4)nc3)CC2)c1. The van der Waals surface area contributed by atoms with Gasteiger partial charge in [0, 0.05) is 55.9 Å². The van der Waals surface area contributed by atoms with Crippen molar-refractivity contribution in [2.45, 2.75) is 70.1 Å². The molecular weight excluding hydrogens is 336 g/mol. The fourth-order valence-electron chi connectivity index (χ4n) is 4.21. The molecule has 3 heterocycles. The quantitative estimate of drug-likeness (QED) is 0.770. The highest BCUT2D eigenvalue weighted by Crippen LogP contribution is 2.30. The first-order chi connectivity index (χ1) is 13.4. The molecule has 0 atom stereocenters. The summed E-state index contributed by atoms with van der Waals surface area (Å²) in [7, 11) is 0. The number of piperidine rings is 1. The van der Waals surface area contributed by atoms with E-state index in [1.54, 1.807) is 6.20 Å². The van der Waals surface area contributed by atoms with Crippen LogP contribution >= 0.6 is 0 Å². The van der Waals surface area contributed by atoms with Gasteiger partial charge in [-0.05, 0) is 37.3 Å². The van der Waals surface area contributed by atoms with Crippen LogP contribution in [0.5, 0.6) is 0 Å². The fraction of sp³-hybridized carbons (Fsp3) is 0.591. The van der Waals surface area contributed by atoms with Crippen LogP contribution in [0.15, 0.2) is 36.9 Å². The molecule has 4 rings (SSSR count). The van der Waals surface area contributed by atoms with Crippen LogP contribution in [-0.2, 0) is 17.9 Å². The van der Waals surface area contributed by atoms with Crippen LogP contribution < -0.4 is 0 Å². The van der Waals surface area contributed by atoms with Gasteiger partial charge in [-0.15, -0.1) is 0 Å². The van der Waals surface area contributed by atoms with Crippen molar-refractivity contribution in [3.8, 4) is 0 Å². The van der Waals surface area contributed by atoms with Gasteiger partial charge in [0.1, 0.15) is 5.82 Å². The second-order valence-corrected chi connectivity index (χ2v) is 7.93. The Morgan fingerprint density at radius 3 is 2.41 bits per heavy atom. The third-order valence-corrected chi connectivity index (χ3v) is 5.84. The van der Waals surface area contributed by atoms with Gasteiger partial charge >= 0.3 is 0 Å². The van der Waals surface area contributed by atoms with Crippen LogP contribution in [-0.4, -0.2) is 39.0 Å². The molecule has 2 aromatic heterocycles. The third-order valence-electron chi connectivity index (χ3n) is 5.84. The van der Waals surface area contributed by atoms with Crippen LogP contribution in [0.1, 0.15) is 67.8 Å². The molecule has 0 radical (unpaired) electrons. The summed E-state index contributed by atoms with van der Waals surface area (Å²) < 4.78 is 6.06. The molecule has 2 fully saturated rings. The molecule has 5 heteroatoms. The molecule has 1 aliphatic carbocycles. The van der Waals surface area contributed by atoms with Gasteiger partial charge in [0.25, 0.3) is 0 Å². The highest BCUT2D eigenvalue weighted by atomic mass is 16.5. The molecule has 0 bridgehead atoms. The number of aromatic nitrogens is 3. The van der Waals surface area contributed by atoms with Crippen molar-refractivity contribution in [1.29, 1.82) is 0 Å². The Bertz CT molecular complexity index is 677. The van der Waals surface area contributed by atoms with Gasteiger partial charge in [0.05, 0.1) is 12.7 Å². The number of ether oxygens (including phenoxy) is 1. The molecule has 2 aliphatic rings. The Kier molecular flexibility index (Phi) is 6.43. The molecule has 144 valence electrons. The Morgan fingerprint density at radius 2 is 1.70 bits per heavy atom. The van der Waals surface area contributed by atoms with E-state index in [0.29, 0.717) is 18.6 Å². The first-order valence-electron chi connectivity index (χ1n) is 10.4. The van der Waals surface area contributed by atoms with Crippen LogP contribution in [0.3, 0.4) is 0 Å². The summed E-state index contributed by atoms with van der Waals surface area (Å²) in [6.45, 7) is 3.75. The minimum atomic E-state index is 0.353. The van der Waals surface area contributed by atoms with E-state index >= 15 is 0 Å². The summed E-state index contributed by atoms with van der Waals surface area (Å²) in [5.41, 5.74) is 2.37. The van der Waals surface area contributed by atoms with Crippen molar-refractivity contribution >= 4 is 0 Å². The molecule has 2 aromatic rings. The van der Waals surface area contributed by atoms with E-state index in [-0.39, 0.29) is 0 Å². The molecule has 27 heavy (non-hydrogen) atoms. The van der Waals surface area contributed by atoms with Crippen molar-refractivity contribution in [3.05, 3.63) is 53.9 Å². The second-order valence-electron chi connectivity index (χ2n) is 7.93. The van der Waals surface area contributed by atoms with E-state index in [2.05, 4.69) is 25.9 Å². The van der Waals surface area contributed by atoms with Gasteiger partial charge in [0.15, 0.2) is 0 Å². The molecule has 0 unspecified atom stereocenters. The lowest BCUT2D eigenvalue weighted by atomic mass is 9.89. The van der Waals surface area contributed by atoms with E-state index < -0.39 is 0 Å². The summed E-state index contributed by atoms with van der Waals surface area (Å²) in [6, 6.07) is 4.03. The predicted octanol–water partition coefficient (Wildman–Crippen LogP) is 4.10. The predicted molar refractivity (Wildman–Crippen MR) is 105 cm³/mol. The van der Waals surface area contributed by atoms with Gasteiger partial charge in [0.2, 0.25) is 0 Å². The summed E-state index contributed by atoms with van der Waals surface area (Å²) in [4.78, 5) is 16.0. The normalized spacial score (nSPS) is 20.0. The lowest BCUT2D eigenvalue weighted by molar-refractivity contribution is -0.00407. The standard InChI is InChI=1S/C22H30N4O/c1-2-6-20(7-3-1)22-24-14-19(15-25-22)16-26-11-8-21(9-12-26)27-17-18-5-4-10-23-13-18/h4-5,10,13-15,20-21H,1-3,6-9,11-12,16-17H2. The average molecular weight is 367 g/mol. The van der Waals surface area contributed by atoms with Gasteiger partial charge in [-0.3, -0.25) is 9.88 Å². The Labute approximate surface area is 162 Å². The summed E-state index contributed by atoms with van der Waals surface area (Å²) in [5.74, 6) is 1.64. The van der Waals surface area contributed by atoms with E-state index in [0.717, 1.165) is 43.9 Å². The number of nitrogens with zero attached hydrogens (tertiary/aromatic N) is 4. The smallest absolute Gasteiger partial charge is 0.131 e. The number of rotatable bonds is 6. The molecule has 0 spiro atoms. The molecule has 0 amide bonds. The van der Waals surface area contributed by atoms with Gasteiger partial charge < -0.3 is 4.74 Å². The molecular formula is C22H30N4O. The maximum absolute atomic E-state index is 6.06. The Morgan fingerprint density at radius 1 is 0.926 bits per heavy atom. The van der Waals surface area contributed by atoms with Crippen molar-refractivity contribution in [2.75, 3.05) is 13.1 Å².